The molecule has 0 heterocycles. The number of hydrogen-bond donors (Lipinski definition) is 2. The van der Waals surface area contributed by atoms with E-state index in [0.717, 1.165) is 19.3 Å². The lowest BCUT2D eigenvalue weighted by molar-refractivity contribution is 0.0934. The maximum Gasteiger partial charge on any atom is 0.253 e. The van der Waals surface area contributed by atoms with Crippen molar-refractivity contribution in [3.8, 4) is 0 Å². The SMILES string of the molecule is CCCC(CC)NC(=O)c1cccc(N)c1Cl. The summed E-state index contributed by atoms with van der Waals surface area (Å²) >= 11 is 6.01. The molecule has 0 radical (unpaired) electrons. The molecule has 3 N–H and O–H groups in total. The molecule has 1 amide bonds. The number of nitrogen functional groups attached to an aromatic ring is 1. The topological polar surface area (TPSA) is 55.1 Å². The largest absolute Gasteiger partial charge is 0.398 e. The first kappa shape index (κ1) is 13.8. The minimum absolute atomic E-state index is 0.150. The molecule has 0 aliphatic carbocycles. The third-order valence-corrected chi connectivity index (χ3v) is 3.16. The summed E-state index contributed by atoms with van der Waals surface area (Å²) in [6, 6.07) is 5.30. The number of rotatable bonds is 5. The Bertz CT molecular complexity index is 393. The van der Waals surface area contributed by atoms with Gasteiger partial charge < -0.3 is 11.1 Å². The van der Waals surface area contributed by atoms with Gasteiger partial charge in [-0.3, -0.25) is 4.79 Å². The monoisotopic (exact) mass is 254 g/mol. The lowest BCUT2D eigenvalue weighted by Gasteiger charge is -2.16. The molecule has 0 aliphatic heterocycles. The minimum Gasteiger partial charge on any atom is -0.398 e. The van der Waals surface area contributed by atoms with Gasteiger partial charge in [0.2, 0.25) is 0 Å². The zero-order valence-electron chi connectivity index (χ0n) is 10.3. The van der Waals surface area contributed by atoms with Crippen LogP contribution in [0.25, 0.3) is 0 Å². The molecule has 0 fully saturated rings. The number of amides is 1. The van der Waals surface area contributed by atoms with E-state index in [4.69, 9.17) is 17.3 Å². The van der Waals surface area contributed by atoms with Crippen LogP contribution in [0, 0.1) is 0 Å². The Hall–Kier alpha value is -1.22. The first-order valence-electron chi connectivity index (χ1n) is 5.95. The number of halogens is 1. The van der Waals surface area contributed by atoms with Crippen LogP contribution in [-0.2, 0) is 0 Å². The highest BCUT2D eigenvalue weighted by Crippen LogP contribution is 2.23. The first-order chi connectivity index (χ1) is 8.10. The zero-order chi connectivity index (χ0) is 12.8. The fourth-order valence-electron chi connectivity index (χ4n) is 1.72. The molecule has 0 spiro atoms. The number of nitrogens with two attached hydrogens (primary N) is 1. The third-order valence-electron chi connectivity index (χ3n) is 2.74. The van der Waals surface area contributed by atoms with Crippen molar-refractivity contribution in [1.82, 2.24) is 5.32 Å². The van der Waals surface area contributed by atoms with Gasteiger partial charge >= 0.3 is 0 Å². The molecule has 0 bridgehead atoms. The molecule has 1 aromatic carbocycles. The van der Waals surface area contributed by atoms with E-state index >= 15 is 0 Å². The van der Waals surface area contributed by atoms with Crippen molar-refractivity contribution in [2.24, 2.45) is 0 Å². The van der Waals surface area contributed by atoms with Crippen LogP contribution in [0.15, 0.2) is 18.2 Å². The minimum atomic E-state index is -0.150. The van der Waals surface area contributed by atoms with Crippen LogP contribution in [0.2, 0.25) is 5.02 Å². The molecule has 0 aliphatic rings. The summed E-state index contributed by atoms with van der Waals surface area (Å²) in [4.78, 5) is 12.0. The van der Waals surface area contributed by atoms with Gasteiger partial charge in [0.05, 0.1) is 16.3 Å². The molecular formula is C13H19ClN2O. The highest BCUT2D eigenvalue weighted by molar-refractivity contribution is 6.36. The summed E-state index contributed by atoms with van der Waals surface area (Å²) < 4.78 is 0. The van der Waals surface area contributed by atoms with Crippen molar-refractivity contribution in [2.45, 2.75) is 39.2 Å². The molecule has 1 unspecified atom stereocenters. The Balaban J connectivity index is 2.79. The number of hydrogen-bond acceptors (Lipinski definition) is 2. The van der Waals surface area contributed by atoms with Crippen molar-refractivity contribution in [1.29, 1.82) is 0 Å². The van der Waals surface area contributed by atoms with Gasteiger partial charge in [0.15, 0.2) is 0 Å². The van der Waals surface area contributed by atoms with Crippen molar-refractivity contribution in [3.63, 3.8) is 0 Å². The summed E-state index contributed by atoms with van der Waals surface area (Å²) in [6.45, 7) is 4.16. The molecular weight excluding hydrogens is 236 g/mol. The van der Waals surface area contributed by atoms with Crippen LogP contribution in [0.3, 0.4) is 0 Å². The number of carbonyl (C=O) groups is 1. The lowest BCUT2D eigenvalue weighted by atomic mass is 10.1. The molecule has 1 aromatic rings. The molecule has 17 heavy (non-hydrogen) atoms. The predicted octanol–water partition coefficient (Wildman–Crippen LogP) is 3.23. The molecule has 4 heteroatoms. The second-order valence-corrected chi connectivity index (χ2v) is 4.45. The molecule has 0 saturated heterocycles. The maximum absolute atomic E-state index is 12.0. The Morgan fingerprint density at radius 1 is 1.47 bits per heavy atom. The molecule has 0 saturated carbocycles. The van der Waals surface area contributed by atoms with Crippen LogP contribution in [-0.4, -0.2) is 11.9 Å². The maximum atomic E-state index is 12.0. The van der Waals surface area contributed by atoms with E-state index in [0.29, 0.717) is 16.3 Å². The van der Waals surface area contributed by atoms with E-state index in [1.165, 1.54) is 0 Å². The lowest BCUT2D eigenvalue weighted by Crippen LogP contribution is -2.34. The van der Waals surface area contributed by atoms with Crippen LogP contribution >= 0.6 is 11.6 Å². The predicted molar refractivity (Wildman–Crippen MR) is 72.3 cm³/mol. The highest BCUT2D eigenvalue weighted by atomic mass is 35.5. The Kier molecular flexibility index (Phi) is 5.29. The molecule has 1 rings (SSSR count). The second kappa shape index (κ2) is 6.50. The van der Waals surface area contributed by atoms with Gasteiger partial charge in [0, 0.05) is 6.04 Å². The summed E-state index contributed by atoms with van der Waals surface area (Å²) in [6.07, 6.45) is 2.94. The second-order valence-electron chi connectivity index (χ2n) is 4.08. The van der Waals surface area contributed by atoms with Gasteiger partial charge in [-0.2, -0.15) is 0 Å². The number of benzene rings is 1. The van der Waals surface area contributed by atoms with E-state index in [-0.39, 0.29) is 11.9 Å². The van der Waals surface area contributed by atoms with Crippen LogP contribution in [0.4, 0.5) is 5.69 Å². The number of nitrogens with one attached hydrogen (secondary N) is 1. The zero-order valence-corrected chi connectivity index (χ0v) is 11.1. The van der Waals surface area contributed by atoms with E-state index in [9.17, 15) is 4.79 Å². The molecule has 3 nitrogen and oxygen atoms in total. The Labute approximate surface area is 107 Å². The average Bonchev–Trinajstić information content (AvgIpc) is 2.31. The summed E-state index contributed by atoms with van der Waals surface area (Å²) in [5.41, 5.74) is 6.55. The van der Waals surface area contributed by atoms with Gasteiger partial charge in [-0.1, -0.05) is 37.9 Å². The summed E-state index contributed by atoms with van der Waals surface area (Å²) in [5, 5.41) is 3.30. The van der Waals surface area contributed by atoms with Gasteiger partial charge in [0.1, 0.15) is 0 Å². The van der Waals surface area contributed by atoms with Crippen LogP contribution < -0.4 is 11.1 Å². The van der Waals surface area contributed by atoms with Gasteiger partial charge in [-0.05, 0) is 25.0 Å². The molecule has 0 aromatic heterocycles. The average molecular weight is 255 g/mol. The number of anilines is 1. The fourth-order valence-corrected chi connectivity index (χ4v) is 1.93. The van der Waals surface area contributed by atoms with E-state index in [2.05, 4.69) is 19.2 Å². The molecule has 1 atom stereocenters. The number of carbonyl (C=O) groups excluding carboxylic acids is 1. The van der Waals surface area contributed by atoms with Gasteiger partial charge in [-0.25, -0.2) is 0 Å². The van der Waals surface area contributed by atoms with Gasteiger partial charge in [-0.15, -0.1) is 0 Å². The highest BCUT2D eigenvalue weighted by Gasteiger charge is 2.15. The van der Waals surface area contributed by atoms with Gasteiger partial charge in [0.25, 0.3) is 5.91 Å². The normalized spacial score (nSPS) is 12.2. The Morgan fingerprint density at radius 2 is 2.18 bits per heavy atom. The quantitative estimate of drug-likeness (QED) is 0.793. The van der Waals surface area contributed by atoms with E-state index in [1.54, 1.807) is 18.2 Å². The molecule has 94 valence electrons. The fraction of sp³-hybridized carbons (Fsp3) is 0.462. The van der Waals surface area contributed by atoms with Crippen molar-refractivity contribution < 1.29 is 4.79 Å². The van der Waals surface area contributed by atoms with Crippen molar-refractivity contribution in [2.75, 3.05) is 5.73 Å². The van der Waals surface area contributed by atoms with E-state index in [1.807, 2.05) is 0 Å². The summed E-state index contributed by atoms with van der Waals surface area (Å²) in [5.74, 6) is -0.150. The summed E-state index contributed by atoms with van der Waals surface area (Å²) in [7, 11) is 0. The smallest absolute Gasteiger partial charge is 0.253 e. The standard InChI is InChI=1S/C13H19ClN2O/c1-3-6-9(4-2)16-13(17)10-7-5-8-11(15)12(10)14/h5,7-9H,3-4,6,15H2,1-2H3,(H,16,17). The van der Waals surface area contributed by atoms with Crippen molar-refractivity contribution in [3.05, 3.63) is 28.8 Å². The van der Waals surface area contributed by atoms with Crippen LogP contribution in [0.1, 0.15) is 43.5 Å². The van der Waals surface area contributed by atoms with E-state index < -0.39 is 0 Å². The van der Waals surface area contributed by atoms with Crippen molar-refractivity contribution >= 4 is 23.2 Å². The first-order valence-corrected chi connectivity index (χ1v) is 6.32. The third kappa shape index (κ3) is 3.63. The van der Waals surface area contributed by atoms with Crippen LogP contribution in [0.5, 0.6) is 0 Å². The Morgan fingerprint density at radius 3 is 2.76 bits per heavy atom.